The average molecular weight is 219 g/mol. The molecule has 17 heavy (non-hydrogen) atoms. The van der Waals surface area contributed by atoms with Gasteiger partial charge in [-0.25, -0.2) is 0 Å². The second-order valence-corrected chi connectivity index (χ2v) is 4.29. The number of rotatable bonds is 0. The second-order valence-electron chi connectivity index (χ2n) is 4.29. The van der Waals surface area contributed by atoms with E-state index >= 15 is 0 Å². The molecule has 1 heteroatoms. The van der Waals surface area contributed by atoms with Crippen molar-refractivity contribution in [3.63, 3.8) is 0 Å². The largest absolute Gasteiger partial charge is 0.344 e. The van der Waals surface area contributed by atoms with Crippen molar-refractivity contribution in [2.24, 2.45) is 0 Å². The van der Waals surface area contributed by atoms with E-state index in [9.17, 15) is 0 Å². The van der Waals surface area contributed by atoms with Crippen LogP contribution in [0.1, 0.15) is 0 Å². The van der Waals surface area contributed by atoms with Crippen LogP contribution in [-0.2, 0) is 0 Å². The first-order valence-corrected chi connectivity index (χ1v) is 5.56. The first kappa shape index (κ1) is 10.1. The van der Waals surface area contributed by atoms with Gasteiger partial charge < -0.3 is 6.15 Å². The maximum Gasteiger partial charge on any atom is -0.00268 e. The Morgan fingerprint density at radius 2 is 0.706 bits per heavy atom. The van der Waals surface area contributed by atoms with Gasteiger partial charge in [0, 0.05) is 0 Å². The molecule has 0 fully saturated rings. The van der Waals surface area contributed by atoms with Crippen LogP contribution in [0, 0.1) is 0 Å². The first-order valence-electron chi connectivity index (χ1n) is 5.56. The van der Waals surface area contributed by atoms with Gasteiger partial charge in [0.1, 0.15) is 0 Å². The van der Waals surface area contributed by atoms with Crippen LogP contribution in [0.4, 0.5) is 0 Å². The van der Waals surface area contributed by atoms with Crippen LogP contribution in [0.25, 0.3) is 32.3 Å². The van der Waals surface area contributed by atoms with Gasteiger partial charge in [-0.05, 0) is 32.3 Å². The molecule has 0 aliphatic rings. The van der Waals surface area contributed by atoms with Gasteiger partial charge in [-0.3, -0.25) is 0 Å². The minimum atomic E-state index is 0. The Bertz CT molecular complexity index is 672. The Kier molecular flexibility index (Phi) is 2.03. The SMILES string of the molecule is N.c1cc2ccc3cccc4ccc(c1)c2c34. The van der Waals surface area contributed by atoms with E-state index < -0.39 is 0 Å². The molecule has 0 heterocycles. The van der Waals surface area contributed by atoms with Gasteiger partial charge in [0.05, 0.1) is 0 Å². The fraction of sp³-hybridized carbons (Fsp3) is 0. The molecule has 0 aliphatic carbocycles. The molecule has 0 saturated heterocycles. The van der Waals surface area contributed by atoms with E-state index in [1.807, 2.05) is 0 Å². The molecule has 4 rings (SSSR count). The standard InChI is InChI=1S/C16H10.H3N/c1-3-11-7-9-13-5-2-6-14-10-8-12(4-1)15(11)16(13)14;/h1-10H;1H3. The van der Waals surface area contributed by atoms with Crippen LogP contribution in [0.5, 0.6) is 0 Å². The molecule has 0 atom stereocenters. The topological polar surface area (TPSA) is 35.0 Å². The van der Waals surface area contributed by atoms with Crippen molar-refractivity contribution in [3.05, 3.63) is 60.7 Å². The Labute approximate surface area is 99.6 Å². The van der Waals surface area contributed by atoms with Crippen LogP contribution >= 0.6 is 0 Å². The summed E-state index contributed by atoms with van der Waals surface area (Å²) in [7, 11) is 0. The molecule has 1 nitrogen and oxygen atoms in total. The fourth-order valence-corrected chi connectivity index (χ4v) is 2.67. The summed E-state index contributed by atoms with van der Waals surface area (Å²) in [5.74, 6) is 0. The average Bonchev–Trinajstić information content (AvgIpc) is 2.36. The van der Waals surface area contributed by atoms with Gasteiger partial charge in [0.2, 0.25) is 0 Å². The van der Waals surface area contributed by atoms with Gasteiger partial charge in [-0.1, -0.05) is 60.7 Å². The molecule has 0 aliphatic heterocycles. The summed E-state index contributed by atoms with van der Waals surface area (Å²) in [6, 6.07) is 21.9. The third-order valence-electron chi connectivity index (χ3n) is 3.39. The lowest BCUT2D eigenvalue weighted by Gasteiger charge is -2.09. The first-order chi connectivity index (χ1) is 7.93. The highest BCUT2D eigenvalue weighted by atomic mass is 14.1. The summed E-state index contributed by atoms with van der Waals surface area (Å²) < 4.78 is 0. The Morgan fingerprint density at radius 1 is 0.412 bits per heavy atom. The zero-order valence-electron chi connectivity index (χ0n) is 9.48. The number of hydrogen-bond donors (Lipinski definition) is 1. The molecule has 0 saturated carbocycles. The van der Waals surface area contributed by atoms with Crippen LogP contribution in [0.2, 0.25) is 0 Å². The lowest BCUT2D eigenvalue weighted by molar-refractivity contribution is 1.78. The summed E-state index contributed by atoms with van der Waals surface area (Å²) in [5, 5.41) is 8.14. The summed E-state index contributed by atoms with van der Waals surface area (Å²) >= 11 is 0. The van der Waals surface area contributed by atoms with Gasteiger partial charge in [0.25, 0.3) is 0 Å². The Balaban J connectivity index is 0.000000902. The van der Waals surface area contributed by atoms with Gasteiger partial charge in [-0.15, -0.1) is 0 Å². The highest BCUT2D eigenvalue weighted by molar-refractivity contribution is 6.22. The van der Waals surface area contributed by atoms with Crippen molar-refractivity contribution in [1.29, 1.82) is 0 Å². The van der Waals surface area contributed by atoms with E-state index in [4.69, 9.17) is 0 Å². The highest BCUT2D eigenvalue weighted by Gasteiger charge is 2.05. The number of hydrogen-bond acceptors (Lipinski definition) is 1. The minimum Gasteiger partial charge on any atom is -0.344 e. The molecule has 4 aromatic carbocycles. The summed E-state index contributed by atoms with van der Waals surface area (Å²) in [5.41, 5.74) is 0. The molecule has 0 unspecified atom stereocenters. The Hall–Kier alpha value is -2.12. The van der Waals surface area contributed by atoms with Gasteiger partial charge >= 0.3 is 0 Å². The normalized spacial score (nSPS) is 11.1. The van der Waals surface area contributed by atoms with Crippen LogP contribution in [-0.4, -0.2) is 0 Å². The summed E-state index contributed by atoms with van der Waals surface area (Å²) in [6.45, 7) is 0. The maximum absolute atomic E-state index is 2.21. The molecule has 0 radical (unpaired) electrons. The van der Waals surface area contributed by atoms with Crippen molar-refractivity contribution in [2.45, 2.75) is 0 Å². The zero-order valence-corrected chi connectivity index (χ0v) is 9.48. The van der Waals surface area contributed by atoms with Crippen LogP contribution in [0.15, 0.2) is 60.7 Å². The predicted octanol–water partition coefficient (Wildman–Crippen LogP) is 4.75. The van der Waals surface area contributed by atoms with Crippen LogP contribution in [0.3, 0.4) is 0 Å². The van der Waals surface area contributed by atoms with Crippen molar-refractivity contribution in [1.82, 2.24) is 6.15 Å². The molecule has 82 valence electrons. The molecule has 4 aromatic rings. The molecule has 0 aromatic heterocycles. The van der Waals surface area contributed by atoms with E-state index in [1.165, 1.54) is 32.3 Å². The third kappa shape index (κ3) is 1.23. The molecule has 0 spiro atoms. The van der Waals surface area contributed by atoms with Crippen molar-refractivity contribution in [3.8, 4) is 0 Å². The monoisotopic (exact) mass is 219 g/mol. The van der Waals surface area contributed by atoms with E-state index in [-0.39, 0.29) is 6.15 Å². The van der Waals surface area contributed by atoms with E-state index in [1.54, 1.807) is 0 Å². The lowest BCUT2D eigenvalue weighted by Crippen LogP contribution is -1.82. The molecular weight excluding hydrogens is 206 g/mol. The summed E-state index contributed by atoms with van der Waals surface area (Å²) in [6.07, 6.45) is 0. The van der Waals surface area contributed by atoms with Crippen molar-refractivity contribution < 1.29 is 0 Å². The highest BCUT2D eigenvalue weighted by Crippen LogP contribution is 2.33. The van der Waals surface area contributed by atoms with Gasteiger partial charge in [-0.2, -0.15) is 0 Å². The minimum absolute atomic E-state index is 0. The van der Waals surface area contributed by atoms with Crippen molar-refractivity contribution in [2.75, 3.05) is 0 Å². The maximum atomic E-state index is 2.21. The predicted molar refractivity (Wildman–Crippen MR) is 75.2 cm³/mol. The summed E-state index contributed by atoms with van der Waals surface area (Å²) in [4.78, 5) is 0. The fourth-order valence-electron chi connectivity index (χ4n) is 2.67. The van der Waals surface area contributed by atoms with Crippen molar-refractivity contribution >= 4 is 32.3 Å². The lowest BCUT2D eigenvalue weighted by atomic mass is 9.95. The smallest absolute Gasteiger partial charge is 0.00268 e. The van der Waals surface area contributed by atoms with E-state index in [2.05, 4.69) is 60.7 Å². The molecule has 0 amide bonds. The molecule has 0 bridgehead atoms. The van der Waals surface area contributed by atoms with Gasteiger partial charge in [0.15, 0.2) is 0 Å². The zero-order chi connectivity index (χ0) is 10.5. The van der Waals surface area contributed by atoms with E-state index in [0.717, 1.165) is 0 Å². The molecular formula is C16H13N. The quantitative estimate of drug-likeness (QED) is 0.426. The molecule has 3 N–H and O–H groups in total. The van der Waals surface area contributed by atoms with E-state index in [0.29, 0.717) is 0 Å². The number of benzene rings is 4. The Morgan fingerprint density at radius 3 is 1.00 bits per heavy atom. The third-order valence-corrected chi connectivity index (χ3v) is 3.39. The van der Waals surface area contributed by atoms with Crippen LogP contribution < -0.4 is 6.15 Å². The second kappa shape index (κ2) is 3.44.